The van der Waals surface area contributed by atoms with Crippen LogP contribution in [0.3, 0.4) is 0 Å². The number of thiazole rings is 1. The monoisotopic (exact) mass is 371 g/mol. The average molecular weight is 372 g/mol. The molecule has 0 saturated heterocycles. The number of nitrogens with zero attached hydrogens (tertiary/aromatic N) is 1. The van der Waals surface area contributed by atoms with Gasteiger partial charge in [0.2, 0.25) is 0 Å². The van der Waals surface area contributed by atoms with Crippen molar-refractivity contribution >= 4 is 52.8 Å². The van der Waals surface area contributed by atoms with Crippen molar-refractivity contribution in [1.29, 1.82) is 0 Å². The molecule has 0 aliphatic heterocycles. The lowest BCUT2D eigenvalue weighted by Crippen LogP contribution is -2.43. The Labute approximate surface area is 146 Å². The smallest absolute Gasteiger partial charge is 0.377 e. The average Bonchev–Trinajstić information content (AvgIpc) is 2.98. The van der Waals surface area contributed by atoms with Crippen molar-refractivity contribution in [2.75, 3.05) is 33.2 Å². The third kappa shape index (κ3) is 4.93. The highest BCUT2D eigenvalue weighted by Crippen LogP contribution is 2.25. The van der Waals surface area contributed by atoms with Crippen LogP contribution in [0.25, 0.3) is 10.2 Å². The van der Waals surface area contributed by atoms with E-state index in [0.29, 0.717) is 11.7 Å². The Morgan fingerprint density at radius 2 is 1.91 bits per heavy atom. The van der Waals surface area contributed by atoms with Gasteiger partial charge in [-0.15, -0.1) is 0 Å². The molecular formula is C14H21N3O3S2Si. The maximum Gasteiger partial charge on any atom is 0.500 e. The Kier molecular flexibility index (Phi) is 6.87. The number of para-hydroxylation sites is 1. The van der Waals surface area contributed by atoms with Crippen molar-refractivity contribution in [2.45, 2.75) is 12.5 Å². The van der Waals surface area contributed by atoms with E-state index >= 15 is 0 Å². The maximum atomic E-state index is 5.38. The number of nitrogens with one attached hydrogen (secondary N) is 2. The first-order valence-electron chi connectivity index (χ1n) is 7.18. The topological polar surface area (TPSA) is 64.6 Å². The molecule has 0 unspecified atom stereocenters. The van der Waals surface area contributed by atoms with Crippen LogP contribution in [-0.4, -0.2) is 46.8 Å². The Morgan fingerprint density at radius 3 is 2.57 bits per heavy atom. The Morgan fingerprint density at radius 1 is 1.22 bits per heavy atom. The fourth-order valence-electron chi connectivity index (χ4n) is 2.13. The van der Waals surface area contributed by atoms with Gasteiger partial charge in [-0.2, -0.15) is 0 Å². The summed E-state index contributed by atoms with van der Waals surface area (Å²) in [5.41, 5.74) is 0.971. The zero-order valence-corrected chi connectivity index (χ0v) is 16.1. The predicted molar refractivity (Wildman–Crippen MR) is 100 cm³/mol. The highest BCUT2D eigenvalue weighted by atomic mass is 32.1. The van der Waals surface area contributed by atoms with Crippen LogP contribution in [0.15, 0.2) is 24.3 Å². The SMILES string of the molecule is CO[Si](CCCNC(=S)Nc1nc2ccccc2s1)(OC)OC. The molecule has 2 aromatic rings. The normalized spacial score (nSPS) is 11.6. The van der Waals surface area contributed by atoms with Crippen molar-refractivity contribution < 1.29 is 13.3 Å². The fraction of sp³-hybridized carbons (Fsp3) is 0.429. The Hall–Kier alpha value is -1.10. The molecule has 1 heterocycles. The number of aromatic nitrogens is 1. The summed E-state index contributed by atoms with van der Waals surface area (Å²) in [6, 6.07) is 8.72. The second kappa shape index (κ2) is 8.67. The predicted octanol–water partition coefficient (Wildman–Crippen LogP) is 2.85. The van der Waals surface area contributed by atoms with Crippen molar-refractivity contribution in [2.24, 2.45) is 0 Å². The highest BCUT2D eigenvalue weighted by Gasteiger charge is 2.36. The van der Waals surface area contributed by atoms with E-state index in [4.69, 9.17) is 25.5 Å². The zero-order valence-electron chi connectivity index (χ0n) is 13.4. The van der Waals surface area contributed by atoms with Crippen molar-refractivity contribution in [3.05, 3.63) is 24.3 Å². The van der Waals surface area contributed by atoms with Crippen LogP contribution < -0.4 is 10.6 Å². The van der Waals surface area contributed by atoms with Gasteiger partial charge in [-0.25, -0.2) is 4.98 Å². The second-order valence-corrected chi connectivity index (χ2v) is 9.30. The first kappa shape index (κ1) is 18.2. The lowest BCUT2D eigenvalue weighted by molar-refractivity contribution is 0.123. The lowest BCUT2D eigenvalue weighted by Gasteiger charge is -2.24. The minimum Gasteiger partial charge on any atom is -0.377 e. The number of rotatable bonds is 8. The minimum atomic E-state index is -2.50. The van der Waals surface area contributed by atoms with Gasteiger partial charge in [0.1, 0.15) is 0 Å². The standard InChI is InChI=1S/C14H21N3O3S2Si/c1-18-23(19-2,20-3)10-6-9-15-13(21)17-14-16-11-7-4-5-8-12(11)22-14/h4-5,7-8H,6,9-10H2,1-3H3,(H2,15,16,17,21). The summed E-state index contributed by atoms with van der Waals surface area (Å²) >= 11 is 6.87. The molecule has 0 amide bonds. The summed E-state index contributed by atoms with van der Waals surface area (Å²) in [6.45, 7) is 0.710. The van der Waals surface area contributed by atoms with Crippen LogP contribution in [-0.2, 0) is 13.3 Å². The first-order chi connectivity index (χ1) is 11.1. The summed E-state index contributed by atoms with van der Waals surface area (Å²) in [7, 11) is 2.35. The maximum absolute atomic E-state index is 5.38. The lowest BCUT2D eigenvalue weighted by atomic mass is 10.3. The summed E-state index contributed by atoms with van der Waals surface area (Å²) in [6.07, 6.45) is 0.837. The van der Waals surface area contributed by atoms with Gasteiger partial charge < -0.3 is 23.9 Å². The molecule has 0 fully saturated rings. The second-order valence-electron chi connectivity index (χ2n) is 4.77. The molecular weight excluding hydrogens is 350 g/mol. The summed E-state index contributed by atoms with van der Waals surface area (Å²) in [4.78, 5) is 4.49. The molecule has 0 bridgehead atoms. The number of hydrogen-bond acceptors (Lipinski definition) is 6. The van der Waals surface area contributed by atoms with E-state index in [-0.39, 0.29) is 0 Å². The quantitative estimate of drug-likeness (QED) is 0.420. The number of anilines is 1. The van der Waals surface area contributed by atoms with Gasteiger partial charge >= 0.3 is 8.80 Å². The van der Waals surface area contributed by atoms with E-state index in [9.17, 15) is 0 Å². The third-order valence-corrected chi connectivity index (χ3v) is 7.42. The van der Waals surface area contributed by atoms with Crippen molar-refractivity contribution in [1.82, 2.24) is 10.3 Å². The van der Waals surface area contributed by atoms with Crippen LogP contribution >= 0.6 is 23.6 Å². The molecule has 9 heteroatoms. The molecule has 0 saturated carbocycles. The number of thiocarbonyl (C=S) groups is 1. The van der Waals surface area contributed by atoms with Gasteiger partial charge in [-0.1, -0.05) is 23.5 Å². The number of fused-ring (bicyclic) bond motifs is 1. The zero-order chi connectivity index (χ0) is 16.7. The summed E-state index contributed by atoms with van der Waals surface area (Å²) < 4.78 is 17.3. The van der Waals surface area contributed by atoms with Gasteiger partial charge in [-0.3, -0.25) is 0 Å². The third-order valence-electron chi connectivity index (χ3n) is 3.39. The highest BCUT2D eigenvalue weighted by molar-refractivity contribution is 7.80. The van der Waals surface area contributed by atoms with E-state index in [0.717, 1.165) is 27.8 Å². The minimum absolute atomic E-state index is 0.559. The van der Waals surface area contributed by atoms with Gasteiger partial charge in [0.15, 0.2) is 10.2 Å². The number of benzene rings is 1. The molecule has 23 heavy (non-hydrogen) atoms. The summed E-state index contributed by atoms with van der Waals surface area (Å²) in [5, 5.41) is 7.63. The molecule has 1 aromatic heterocycles. The van der Waals surface area contributed by atoms with Gasteiger partial charge in [0.25, 0.3) is 0 Å². The van der Waals surface area contributed by atoms with E-state index < -0.39 is 8.80 Å². The van der Waals surface area contributed by atoms with Gasteiger partial charge in [-0.05, 0) is 30.8 Å². The van der Waals surface area contributed by atoms with E-state index in [1.165, 1.54) is 0 Å². The molecule has 2 N–H and O–H groups in total. The van der Waals surface area contributed by atoms with Crippen molar-refractivity contribution in [3.63, 3.8) is 0 Å². The van der Waals surface area contributed by atoms with Crippen LogP contribution in [0.4, 0.5) is 5.13 Å². The van der Waals surface area contributed by atoms with Gasteiger partial charge in [0, 0.05) is 33.9 Å². The molecule has 0 aliphatic carbocycles. The first-order valence-corrected chi connectivity index (χ1v) is 10.3. The van der Waals surface area contributed by atoms with Crippen LogP contribution in [0, 0.1) is 0 Å². The van der Waals surface area contributed by atoms with Crippen LogP contribution in [0.5, 0.6) is 0 Å². The van der Waals surface area contributed by atoms with E-state index in [1.54, 1.807) is 32.7 Å². The molecule has 1 aromatic carbocycles. The fourth-order valence-corrected chi connectivity index (χ4v) is 4.99. The molecule has 0 aliphatic rings. The molecule has 6 nitrogen and oxygen atoms in total. The molecule has 2 rings (SSSR count). The van der Waals surface area contributed by atoms with E-state index in [2.05, 4.69) is 15.6 Å². The van der Waals surface area contributed by atoms with Gasteiger partial charge in [0.05, 0.1) is 10.2 Å². The van der Waals surface area contributed by atoms with Crippen LogP contribution in [0.2, 0.25) is 6.04 Å². The molecule has 0 atom stereocenters. The molecule has 0 radical (unpaired) electrons. The van der Waals surface area contributed by atoms with Crippen molar-refractivity contribution in [3.8, 4) is 0 Å². The molecule has 0 spiro atoms. The largest absolute Gasteiger partial charge is 0.500 e. The summed E-state index contributed by atoms with van der Waals surface area (Å²) in [5.74, 6) is 0. The van der Waals surface area contributed by atoms with Crippen LogP contribution in [0.1, 0.15) is 6.42 Å². The Balaban J connectivity index is 1.77. The Bertz CT molecular complexity index is 608. The molecule has 126 valence electrons. The number of hydrogen-bond donors (Lipinski definition) is 2. The van der Waals surface area contributed by atoms with E-state index in [1.807, 2.05) is 24.3 Å².